The summed E-state index contributed by atoms with van der Waals surface area (Å²) in [5, 5.41) is 3.72. The predicted octanol–water partition coefficient (Wildman–Crippen LogP) is 4.00. The van der Waals surface area contributed by atoms with Crippen molar-refractivity contribution >= 4 is 0 Å². The molecule has 0 amide bonds. The molecule has 108 valence electrons. The summed E-state index contributed by atoms with van der Waals surface area (Å²) in [4.78, 5) is 0. The quantitative estimate of drug-likeness (QED) is 0.915. The average molecular weight is 283 g/mol. The first-order valence-corrected chi connectivity index (χ1v) is 7.54. The Morgan fingerprint density at radius 2 is 1.81 bits per heavy atom. The number of rotatable bonds is 4. The number of nitrogens with one attached hydrogen (secondary N) is 1. The van der Waals surface area contributed by atoms with E-state index >= 15 is 0 Å². The fraction of sp³-hybridized carbons (Fsp3) is 0.333. The minimum Gasteiger partial charge on any atom is -0.491 e. The van der Waals surface area contributed by atoms with Crippen molar-refractivity contribution in [2.24, 2.45) is 5.92 Å². The lowest BCUT2D eigenvalue weighted by atomic mass is 9.99. The van der Waals surface area contributed by atoms with E-state index in [0.29, 0.717) is 12.5 Å². The van der Waals surface area contributed by atoms with Gasteiger partial charge < -0.3 is 4.74 Å². The van der Waals surface area contributed by atoms with Gasteiger partial charge in [-0.05, 0) is 42.5 Å². The van der Waals surface area contributed by atoms with E-state index in [1.54, 1.807) is 12.1 Å². The van der Waals surface area contributed by atoms with Crippen LogP contribution >= 0.6 is 0 Å². The van der Waals surface area contributed by atoms with Gasteiger partial charge in [0.15, 0.2) is 0 Å². The third-order valence-electron chi connectivity index (χ3n) is 4.40. The first-order chi connectivity index (χ1) is 10.3. The van der Waals surface area contributed by atoms with Gasteiger partial charge in [0.25, 0.3) is 0 Å². The second-order valence-electron chi connectivity index (χ2n) is 5.93. The second kappa shape index (κ2) is 5.15. The largest absolute Gasteiger partial charge is 0.491 e. The van der Waals surface area contributed by atoms with Crippen LogP contribution in [0.3, 0.4) is 0 Å². The van der Waals surface area contributed by atoms with Crippen molar-refractivity contribution in [2.45, 2.75) is 24.9 Å². The SMILES string of the molecule is Fc1ccc(C(NC2COc3ccccc32)C2CC2)cc1. The smallest absolute Gasteiger partial charge is 0.124 e. The number of halogens is 1. The maximum absolute atomic E-state index is 13.1. The Hall–Kier alpha value is -1.87. The third kappa shape index (κ3) is 2.54. The Labute approximate surface area is 123 Å². The molecule has 2 nitrogen and oxygen atoms in total. The normalized spacial score (nSPS) is 21.7. The summed E-state index contributed by atoms with van der Waals surface area (Å²) >= 11 is 0. The van der Waals surface area contributed by atoms with E-state index in [-0.39, 0.29) is 17.9 Å². The maximum Gasteiger partial charge on any atom is 0.124 e. The molecule has 3 heteroatoms. The summed E-state index contributed by atoms with van der Waals surface area (Å²) in [5.41, 5.74) is 2.40. The Kier molecular flexibility index (Phi) is 3.15. The van der Waals surface area contributed by atoms with Crippen molar-refractivity contribution in [1.29, 1.82) is 0 Å². The number of ether oxygens (including phenoxy) is 1. The minimum absolute atomic E-state index is 0.178. The van der Waals surface area contributed by atoms with Crippen LogP contribution in [0, 0.1) is 11.7 Å². The van der Waals surface area contributed by atoms with E-state index in [4.69, 9.17) is 4.74 Å². The van der Waals surface area contributed by atoms with Gasteiger partial charge in [0.1, 0.15) is 18.2 Å². The van der Waals surface area contributed by atoms with Crippen molar-refractivity contribution in [2.75, 3.05) is 6.61 Å². The second-order valence-corrected chi connectivity index (χ2v) is 5.93. The molecule has 1 heterocycles. The van der Waals surface area contributed by atoms with Crippen molar-refractivity contribution in [3.63, 3.8) is 0 Å². The minimum atomic E-state index is -0.178. The fourth-order valence-electron chi connectivity index (χ4n) is 3.12. The van der Waals surface area contributed by atoms with Gasteiger partial charge in [0.05, 0.1) is 6.04 Å². The van der Waals surface area contributed by atoms with E-state index in [9.17, 15) is 4.39 Å². The highest BCUT2D eigenvalue weighted by molar-refractivity contribution is 5.39. The molecule has 1 fully saturated rings. The zero-order valence-electron chi connectivity index (χ0n) is 11.8. The number of hydrogen-bond acceptors (Lipinski definition) is 2. The molecule has 0 aromatic heterocycles. The highest BCUT2D eigenvalue weighted by Gasteiger charge is 2.35. The van der Waals surface area contributed by atoms with E-state index in [0.717, 1.165) is 5.75 Å². The summed E-state index contributed by atoms with van der Waals surface area (Å²) in [5.74, 6) is 1.45. The molecule has 1 aliphatic carbocycles. The zero-order chi connectivity index (χ0) is 14.2. The van der Waals surface area contributed by atoms with E-state index < -0.39 is 0 Å². The molecule has 0 saturated heterocycles. The van der Waals surface area contributed by atoms with Crippen LogP contribution in [0.15, 0.2) is 48.5 Å². The molecule has 2 aliphatic rings. The predicted molar refractivity (Wildman–Crippen MR) is 79.7 cm³/mol. The molecule has 2 aromatic rings. The van der Waals surface area contributed by atoms with Gasteiger partial charge >= 0.3 is 0 Å². The third-order valence-corrected chi connectivity index (χ3v) is 4.40. The molecule has 0 bridgehead atoms. The summed E-state index contributed by atoms with van der Waals surface area (Å²) in [6.45, 7) is 0.670. The highest BCUT2D eigenvalue weighted by Crippen LogP contribution is 2.43. The number of hydrogen-bond donors (Lipinski definition) is 1. The van der Waals surface area contributed by atoms with Crippen LogP contribution in [0.1, 0.15) is 36.1 Å². The number of para-hydroxylation sites is 1. The molecule has 1 saturated carbocycles. The summed E-state index contributed by atoms with van der Waals surface area (Å²) in [7, 11) is 0. The van der Waals surface area contributed by atoms with Crippen LogP contribution in [0.4, 0.5) is 4.39 Å². The molecule has 0 spiro atoms. The van der Waals surface area contributed by atoms with Gasteiger partial charge in [-0.3, -0.25) is 5.32 Å². The Morgan fingerprint density at radius 3 is 2.57 bits per heavy atom. The van der Waals surface area contributed by atoms with Gasteiger partial charge in [-0.2, -0.15) is 0 Å². The lowest BCUT2D eigenvalue weighted by molar-refractivity contribution is 0.290. The molecule has 1 N–H and O–H groups in total. The van der Waals surface area contributed by atoms with Gasteiger partial charge in [0.2, 0.25) is 0 Å². The van der Waals surface area contributed by atoms with Crippen molar-refractivity contribution in [3.05, 3.63) is 65.5 Å². The van der Waals surface area contributed by atoms with Crippen LogP contribution in [0.5, 0.6) is 5.75 Å². The summed E-state index contributed by atoms with van der Waals surface area (Å²) < 4.78 is 18.9. The van der Waals surface area contributed by atoms with Crippen LogP contribution in [-0.2, 0) is 0 Å². The Bertz CT molecular complexity index is 636. The first-order valence-electron chi connectivity index (χ1n) is 7.54. The fourth-order valence-corrected chi connectivity index (χ4v) is 3.12. The van der Waals surface area contributed by atoms with Crippen LogP contribution in [-0.4, -0.2) is 6.61 Å². The highest BCUT2D eigenvalue weighted by atomic mass is 19.1. The number of fused-ring (bicyclic) bond motifs is 1. The van der Waals surface area contributed by atoms with Crippen LogP contribution < -0.4 is 10.1 Å². The average Bonchev–Trinajstić information content (AvgIpc) is 3.27. The van der Waals surface area contributed by atoms with Gasteiger partial charge in [-0.15, -0.1) is 0 Å². The molecule has 0 radical (unpaired) electrons. The Balaban J connectivity index is 1.58. The summed E-state index contributed by atoms with van der Waals surface area (Å²) in [6.07, 6.45) is 2.48. The molecule has 2 aromatic carbocycles. The standard InChI is InChI=1S/C18H18FNO/c19-14-9-7-13(8-10-14)18(12-5-6-12)20-16-11-21-17-4-2-1-3-15(16)17/h1-4,7-10,12,16,18,20H,5-6,11H2. The summed E-state index contributed by atoms with van der Waals surface area (Å²) in [6, 6.07) is 15.6. The molecular formula is C18H18FNO. The lowest BCUT2D eigenvalue weighted by Gasteiger charge is -2.23. The molecule has 2 unspecified atom stereocenters. The van der Waals surface area contributed by atoms with Crippen molar-refractivity contribution in [3.8, 4) is 5.75 Å². The number of benzene rings is 2. The van der Waals surface area contributed by atoms with Gasteiger partial charge in [0, 0.05) is 11.6 Å². The maximum atomic E-state index is 13.1. The van der Waals surface area contributed by atoms with Crippen LogP contribution in [0.2, 0.25) is 0 Å². The van der Waals surface area contributed by atoms with Crippen LogP contribution in [0.25, 0.3) is 0 Å². The van der Waals surface area contributed by atoms with Gasteiger partial charge in [-0.25, -0.2) is 4.39 Å². The van der Waals surface area contributed by atoms with E-state index in [1.807, 2.05) is 30.3 Å². The molecule has 1 aliphatic heterocycles. The molecule has 2 atom stereocenters. The zero-order valence-corrected chi connectivity index (χ0v) is 11.8. The molecule has 21 heavy (non-hydrogen) atoms. The van der Waals surface area contributed by atoms with Crippen molar-refractivity contribution in [1.82, 2.24) is 5.32 Å². The topological polar surface area (TPSA) is 21.3 Å². The van der Waals surface area contributed by atoms with E-state index in [2.05, 4.69) is 11.4 Å². The molecule has 4 rings (SSSR count). The van der Waals surface area contributed by atoms with Crippen molar-refractivity contribution < 1.29 is 9.13 Å². The van der Waals surface area contributed by atoms with Gasteiger partial charge in [-0.1, -0.05) is 30.3 Å². The lowest BCUT2D eigenvalue weighted by Crippen LogP contribution is -2.28. The monoisotopic (exact) mass is 283 g/mol. The Morgan fingerprint density at radius 1 is 1.05 bits per heavy atom. The first kappa shape index (κ1) is 12.8. The van der Waals surface area contributed by atoms with E-state index in [1.165, 1.54) is 24.0 Å². The molecular weight excluding hydrogens is 265 g/mol.